The highest BCUT2D eigenvalue weighted by atomic mass is 32.1. The molecule has 0 aliphatic carbocycles. The van der Waals surface area contributed by atoms with Crippen LogP contribution in [0.3, 0.4) is 0 Å². The molecule has 2 rings (SSSR count). The predicted molar refractivity (Wildman–Crippen MR) is 77.6 cm³/mol. The molecule has 0 saturated carbocycles. The van der Waals surface area contributed by atoms with Gasteiger partial charge >= 0.3 is 5.97 Å². The number of hydrogen-bond donors (Lipinski definition) is 2. The summed E-state index contributed by atoms with van der Waals surface area (Å²) in [7, 11) is 1.75. The predicted octanol–water partition coefficient (Wildman–Crippen LogP) is 1.68. The second-order valence-corrected chi connectivity index (χ2v) is 5.80. The third-order valence-electron chi connectivity index (χ3n) is 2.98. The zero-order valence-electron chi connectivity index (χ0n) is 12.2. The van der Waals surface area contributed by atoms with Crippen LogP contribution in [0, 0.1) is 13.8 Å². The summed E-state index contributed by atoms with van der Waals surface area (Å²) in [6.07, 6.45) is 1.65. The minimum Gasteiger partial charge on any atom is -0.477 e. The molecule has 0 radical (unpaired) electrons. The second-order valence-electron chi connectivity index (χ2n) is 4.77. The van der Waals surface area contributed by atoms with Crippen LogP contribution in [0.25, 0.3) is 0 Å². The number of carbonyl (C=O) groups is 2. The van der Waals surface area contributed by atoms with E-state index in [1.807, 2.05) is 0 Å². The van der Waals surface area contributed by atoms with Crippen molar-refractivity contribution in [2.75, 3.05) is 0 Å². The van der Waals surface area contributed by atoms with E-state index in [0.29, 0.717) is 22.0 Å². The van der Waals surface area contributed by atoms with Crippen molar-refractivity contribution in [3.63, 3.8) is 0 Å². The summed E-state index contributed by atoms with van der Waals surface area (Å²) in [5.74, 6) is -1.25. The van der Waals surface area contributed by atoms with Gasteiger partial charge in [-0.15, -0.1) is 11.3 Å². The average molecular weight is 308 g/mol. The lowest BCUT2D eigenvalue weighted by Gasteiger charge is -2.10. The number of hydrogen-bond acceptors (Lipinski definition) is 5. The number of nitrogens with zero attached hydrogens (tertiary/aromatic N) is 3. The van der Waals surface area contributed by atoms with Crippen LogP contribution in [-0.2, 0) is 7.05 Å². The topological polar surface area (TPSA) is 97.1 Å². The SMILES string of the molecule is Cc1nn(C)cc1C(=O)NC(C)c1nc(C)c(C(=O)O)s1. The van der Waals surface area contributed by atoms with E-state index in [-0.39, 0.29) is 16.8 Å². The van der Waals surface area contributed by atoms with Crippen LogP contribution < -0.4 is 5.32 Å². The van der Waals surface area contributed by atoms with E-state index in [9.17, 15) is 9.59 Å². The Morgan fingerprint density at radius 1 is 1.38 bits per heavy atom. The molecule has 1 unspecified atom stereocenters. The van der Waals surface area contributed by atoms with Crippen molar-refractivity contribution in [3.05, 3.63) is 33.0 Å². The lowest BCUT2D eigenvalue weighted by Crippen LogP contribution is -2.26. The Labute approximate surface area is 125 Å². The van der Waals surface area contributed by atoms with Gasteiger partial charge in [0.25, 0.3) is 5.91 Å². The Bertz CT molecular complexity index is 704. The molecule has 1 amide bonds. The Morgan fingerprint density at radius 2 is 2.05 bits per heavy atom. The van der Waals surface area contributed by atoms with E-state index in [1.165, 1.54) is 0 Å². The van der Waals surface area contributed by atoms with Crippen molar-refractivity contribution >= 4 is 23.2 Å². The Kier molecular flexibility index (Phi) is 4.08. The van der Waals surface area contributed by atoms with E-state index < -0.39 is 5.97 Å². The first kappa shape index (κ1) is 15.2. The first-order valence-corrected chi connectivity index (χ1v) is 7.13. The first-order valence-electron chi connectivity index (χ1n) is 6.31. The van der Waals surface area contributed by atoms with Crippen LogP contribution in [0.2, 0.25) is 0 Å². The standard InChI is InChI=1S/C13H16N4O3S/c1-6-9(5-17(4)16-6)11(18)14-8(3)12-15-7(2)10(21-12)13(19)20/h5,8H,1-4H3,(H,14,18)(H,19,20). The third kappa shape index (κ3) is 3.10. The van der Waals surface area contributed by atoms with Crippen molar-refractivity contribution in [1.29, 1.82) is 0 Å². The zero-order chi connectivity index (χ0) is 15.7. The highest BCUT2D eigenvalue weighted by molar-refractivity contribution is 7.13. The Balaban J connectivity index is 2.16. The highest BCUT2D eigenvalue weighted by Gasteiger charge is 2.21. The van der Waals surface area contributed by atoms with Gasteiger partial charge in [0, 0.05) is 13.2 Å². The van der Waals surface area contributed by atoms with E-state index >= 15 is 0 Å². The number of carboxylic acid groups (broad SMARTS) is 1. The van der Waals surface area contributed by atoms with Crippen LogP contribution in [0.4, 0.5) is 0 Å². The number of aryl methyl sites for hydroxylation is 3. The molecule has 8 heteroatoms. The molecule has 0 spiro atoms. The highest BCUT2D eigenvalue weighted by Crippen LogP contribution is 2.23. The van der Waals surface area contributed by atoms with Crippen LogP contribution in [0.15, 0.2) is 6.20 Å². The molecule has 1 atom stereocenters. The maximum Gasteiger partial charge on any atom is 0.347 e. The summed E-state index contributed by atoms with van der Waals surface area (Å²) < 4.78 is 1.57. The lowest BCUT2D eigenvalue weighted by atomic mass is 10.2. The molecule has 0 aliphatic rings. The maximum absolute atomic E-state index is 12.2. The van der Waals surface area contributed by atoms with Crippen molar-refractivity contribution in [2.45, 2.75) is 26.8 Å². The number of carbonyl (C=O) groups excluding carboxylic acids is 1. The maximum atomic E-state index is 12.2. The molecule has 2 aromatic rings. The van der Waals surface area contributed by atoms with Gasteiger partial charge in [-0.3, -0.25) is 9.48 Å². The van der Waals surface area contributed by atoms with Gasteiger partial charge in [-0.05, 0) is 20.8 Å². The van der Waals surface area contributed by atoms with E-state index in [2.05, 4.69) is 15.4 Å². The molecule has 0 aromatic carbocycles. The number of carboxylic acids is 1. The summed E-state index contributed by atoms with van der Waals surface area (Å²) in [4.78, 5) is 27.6. The molecule has 0 fully saturated rings. The number of nitrogens with one attached hydrogen (secondary N) is 1. The van der Waals surface area contributed by atoms with E-state index in [4.69, 9.17) is 5.11 Å². The fraction of sp³-hybridized carbons (Fsp3) is 0.385. The zero-order valence-corrected chi connectivity index (χ0v) is 13.0. The van der Waals surface area contributed by atoms with Crippen molar-refractivity contribution in [3.8, 4) is 0 Å². The normalized spacial score (nSPS) is 12.2. The van der Waals surface area contributed by atoms with Crippen LogP contribution in [0.5, 0.6) is 0 Å². The molecule has 0 saturated heterocycles. The number of rotatable bonds is 4. The van der Waals surface area contributed by atoms with Crippen molar-refractivity contribution in [2.24, 2.45) is 7.05 Å². The average Bonchev–Trinajstić information content (AvgIpc) is 2.92. The molecule has 7 nitrogen and oxygen atoms in total. The van der Waals surface area contributed by atoms with Crippen LogP contribution >= 0.6 is 11.3 Å². The molecule has 21 heavy (non-hydrogen) atoms. The summed E-state index contributed by atoms with van der Waals surface area (Å²) in [5.41, 5.74) is 1.60. The lowest BCUT2D eigenvalue weighted by molar-refractivity contribution is 0.0701. The van der Waals surface area contributed by atoms with Gasteiger partial charge < -0.3 is 10.4 Å². The molecule has 2 heterocycles. The molecule has 2 aromatic heterocycles. The van der Waals surface area contributed by atoms with Gasteiger partial charge in [0.05, 0.1) is 23.0 Å². The molecule has 0 bridgehead atoms. The van der Waals surface area contributed by atoms with Gasteiger partial charge in [0.1, 0.15) is 9.88 Å². The molecule has 112 valence electrons. The smallest absolute Gasteiger partial charge is 0.347 e. The quantitative estimate of drug-likeness (QED) is 0.895. The van der Waals surface area contributed by atoms with Gasteiger partial charge in [-0.2, -0.15) is 5.10 Å². The van der Waals surface area contributed by atoms with Gasteiger partial charge in [-0.25, -0.2) is 9.78 Å². The number of amides is 1. The fourth-order valence-corrected chi connectivity index (χ4v) is 2.87. The van der Waals surface area contributed by atoms with Gasteiger partial charge in [0.2, 0.25) is 0 Å². The van der Waals surface area contributed by atoms with Crippen LogP contribution in [-0.4, -0.2) is 31.7 Å². The summed E-state index contributed by atoms with van der Waals surface area (Å²) in [5, 5.41) is 16.5. The van der Waals surface area contributed by atoms with Gasteiger partial charge in [0.15, 0.2) is 0 Å². The minimum atomic E-state index is -1.00. The number of aromatic carboxylic acids is 1. The summed E-state index contributed by atoms with van der Waals surface area (Å²) in [6, 6.07) is -0.367. The third-order valence-corrected chi connectivity index (χ3v) is 4.31. The molecule has 2 N–H and O–H groups in total. The monoisotopic (exact) mass is 308 g/mol. The molecular weight excluding hydrogens is 292 g/mol. The van der Waals surface area contributed by atoms with Gasteiger partial charge in [-0.1, -0.05) is 0 Å². The summed E-state index contributed by atoms with van der Waals surface area (Å²) >= 11 is 1.08. The molecular formula is C13H16N4O3S. The Morgan fingerprint density at radius 3 is 2.52 bits per heavy atom. The summed E-state index contributed by atoms with van der Waals surface area (Å²) in [6.45, 7) is 5.17. The van der Waals surface area contributed by atoms with E-state index in [0.717, 1.165) is 11.3 Å². The number of thiazole rings is 1. The largest absolute Gasteiger partial charge is 0.477 e. The minimum absolute atomic E-state index is 0.198. The second kappa shape index (κ2) is 5.65. The molecule has 0 aliphatic heterocycles. The fourth-order valence-electron chi connectivity index (χ4n) is 1.96. The number of aromatic nitrogens is 3. The Hall–Kier alpha value is -2.22. The van der Waals surface area contributed by atoms with E-state index in [1.54, 1.807) is 38.7 Å². The van der Waals surface area contributed by atoms with Crippen LogP contribution in [0.1, 0.15) is 49.4 Å². The van der Waals surface area contributed by atoms with Crippen molar-refractivity contribution < 1.29 is 14.7 Å². The van der Waals surface area contributed by atoms with Crippen molar-refractivity contribution in [1.82, 2.24) is 20.1 Å². The first-order chi connectivity index (χ1) is 9.79.